The molecule has 100 valence electrons. The van der Waals surface area contributed by atoms with Crippen molar-refractivity contribution in [3.05, 3.63) is 64.7 Å². The Labute approximate surface area is 124 Å². The van der Waals surface area contributed by atoms with Gasteiger partial charge in [0.25, 0.3) is 5.91 Å². The van der Waals surface area contributed by atoms with Gasteiger partial charge in [-0.2, -0.15) is 0 Å². The summed E-state index contributed by atoms with van der Waals surface area (Å²) in [5.41, 5.74) is 3.38. The van der Waals surface area contributed by atoms with Crippen molar-refractivity contribution in [1.82, 2.24) is 9.38 Å². The lowest BCUT2D eigenvalue weighted by Gasteiger charge is -2.08. The number of aromatic nitrogens is 2. The molecule has 0 aliphatic heterocycles. The van der Waals surface area contributed by atoms with Crippen molar-refractivity contribution in [2.45, 2.75) is 6.92 Å². The van der Waals surface area contributed by atoms with E-state index in [1.54, 1.807) is 18.6 Å². The molecule has 0 spiro atoms. The summed E-state index contributed by atoms with van der Waals surface area (Å²) in [4.78, 5) is 16.3. The molecule has 0 aliphatic rings. The van der Waals surface area contributed by atoms with Gasteiger partial charge in [-0.1, -0.05) is 6.07 Å². The summed E-state index contributed by atoms with van der Waals surface area (Å²) >= 11 is 3.45. The second-order valence-corrected chi connectivity index (χ2v) is 5.43. The number of nitrogens with zero attached hydrogens (tertiary/aromatic N) is 2. The Bertz CT molecular complexity index is 795. The van der Waals surface area contributed by atoms with E-state index >= 15 is 0 Å². The molecule has 2 heterocycles. The van der Waals surface area contributed by atoms with Crippen LogP contribution in [0.4, 0.5) is 5.69 Å². The second kappa shape index (κ2) is 5.09. The van der Waals surface area contributed by atoms with Crippen molar-refractivity contribution in [1.29, 1.82) is 0 Å². The lowest BCUT2D eigenvalue weighted by molar-refractivity contribution is 0.102. The average molecular weight is 330 g/mol. The number of hydrogen-bond acceptors (Lipinski definition) is 2. The summed E-state index contributed by atoms with van der Waals surface area (Å²) < 4.78 is 2.73. The van der Waals surface area contributed by atoms with Crippen LogP contribution in [0.3, 0.4) is 0 Å². The third kappa shape index (κ3) is 2.44. The first kappa shape index (κ1) is 12.9. The fraction of sp³-hybridized carbons (Fsp3) is 0.0667. The van der Waals surface area contributed by atoms with Gasteiger partial charge in [0.1, 0.15) is 0 Å². The van der Waals surface area contributed by atoms with Crippen LogP contribution >= 0.6 is 15.9 Å². The topological polar surface area (TPSA) is 46.4 Å². The van der Waals surface area contributed by atoms with Crippen LogP contribution in [0.5, 0.6) is 0 Å². The molecule has 4 nitrogen and oxygen atoms in total. The molecule has 3 rings (SSSR count). The third-order valence-corrected chi connectivity index (χ3v) is 3.71. The third-order valence-electron chi connectivity index (χ3n) is 3.05. The van der Waals surface area contributed by atoms with Crippen molar-refractivity contribution in [2.24, 2.45) is 0 Å². The maximum atomic E-state index is 12.3. The van der Waals surface area contributed by atoms with E-state index in [-0.39, 0.29) is 5.91 Å². The molecule has 0 saturated carbocycles. The first-order chi connectivity index (χ1) is 9.63. The molecular weight excluding hydrogens is 318 g/mol. The largest absolute Gasteiger partial charge is 0.321 e. The highest BCUT2D eigenvalue weighted by molar-refractivity contribution is 9.10. The Morgan fingerprint density at radius 1 is 1.30 bits per heavy atom. The predicted molar refractivity (Wildman–Crippen MR) is 82.0 cm³/mol. The minimum Gasteiger partial charge on any atom is -0.321 e. The molecular formula is C15H12BrN3O. The first-order valence-corrected chi connectivity index (χ1v) is 6.92. The van der Waals surface area contributed by atoms with Crippen LogP contribution in [-0.4, -0.2) is 15.3 Å². The number of fused-ring (bicyclic) bond motifs is 1. The van der Waals surface area contributed by atoms with E-state index in [2.05, 4.69) is 26.2 Å². The highest BCUT2D eigenvalue weighted by Crippen LogP contribution is 2.24. The number of benzene rings is 1. The molecule has 1 amide bonds. The molecule has 0 saturated heterocycles. The van der Waals surface area contributed by atoms with E-state index < -0.39 is 0 Å². The number of aryl methyl sites for hydroxylation is 1. The van der Waals surface area contributed by atoms with Gasteiger partial charge in [0.2, 0.25) is 0 Å². The maximum Gasteiger partial charge on any atom is 0.255 e. The van der Waals surface area contributed by atoms with Gasteiger partial charge in [-0.05, 0) is 52.7 Å². The number of carbonyl (C=O) groups is 1. The fourth-order valence-electron chi connectivity index (χ4n) is 1.98. The van der Waals surface area contributed by atoms with E-state index in [0.717, 1.165) is 21.2 Å². The van der Waals surface area contributed by atoms with Crippen LogP contribution in [0.15, 0.2) is 53.5 Å². The van der Waals surface area contributed by atoms with Gasteiger partial charge in [0.05, 0.1) is 23.7 Å². The number of halogens is 1. The molecule has 0 atom stereocenters. The lowest BCUT2D eigenvalue weighted by Crippen LogP contribution is -2.12. The maximum absolute atomic E-state index is 12.3. The van der Waals surface area contributed by atoms with E-state index in [9.17, 15) is 4.79 Å². The summed E-state index contributed by atoms with van der Waals surface area (Å²) in [6.07, 6.45) is 5.24. The average Bonchev–Trinajstić information content (AvgIpc) is 2.89. The summed E-state index contributed by atoms with van der Waals surface area (Å²) in [5, 5.41) is 2.90. The Balaban J connectivity index is 1.88. The second-order valence-electron chi connectivity index (χ2n) is 4.58. The number of hydrogen-bond donors (Lipinski definition) is 1. The lowest BCUT2D eigenvalue weighted by atomic mass is 10.2. The molecule has 2 aromatic heterocycles. The van der Waals surface area contributed by atoms with Gasteiger partial charge < -0.3 is 9.72 Å². The fourth-order valence-corrected chi connectivity index (χ4v) is 2.57. The Hall–Kier alpha value is -2.14. The minimum atomic E-state index is -0.141. The summed E-state index contributed by atoms with van der Waals surface area (Å²) in [5.74, 6) is -0.141. The van der Waals surface area contributed by atoms with E-state index in [1.165, 1.54) is 0 Å². The molecule has 0 unspecified atom stereocenters. The molecule has 0 bridgehead atoms. The number of amides is 1. The summed E-state index contributed by atoms with van der Waals surface area (Å²) in [6.45, 7) is 2.00. The van der Waals surface area contributed by atoms with Gasteiger partial charge in [0.15, 0.2) is 0 Å². The molecule has 0 aliphatic carbocycles. The Morgan fingerprint density at radius 2 is 2.15 bits per heavy atom. The molecule has 20 heavy (non-hydrogen) atoms. The van der Waals surface area contributed by atoms with Crippen molar-refractivity contribution in [3.8, 4) is 0 Å². The molecule has 5 heteroatoms. The SMILES string of the molecule is Cc1ccc(NC(=O)c2ccn3cncc3c2)c(Br)c1. The monoisotopic (exact) mass is 329 g/mol. The minimum absolute atomic E-state index is 0.141. The molecule has 3 aromatic rings. The Kier molecular flexibility index (Phi) is 3.28. The number of rotatable bonds is 2. The number of nitrogens with one attached hydrogen (secondary N) is 1. The molecule has 0 radical (unpaired) electrons. The van der Waals surface area contributed by atoms with Gasteiger partial charge in [-0.15, -0.1) is 0 Å². The number of pyridine rings is 1. The van der Waals surface area contributed by atoms with Crippen molar-refractivity contribution in [3.63, 3.8) is 0 Å². The van der Waals surface area contributed by atoms with Crippen LogP contribution in [0.1, 0.15) is 15.9 Å². The summed E-state index contributed by atoms with van der Waals surface area (Å²) in [7, 11) is 0. The zero-order valence-corrected chi connectivity index (χ0v) is 12.4. The normalized spacial score (nSPS) is 10.7. The van der Waals surface area contributed by atoms with Crippen LogP contribution in [-0.2, 0) is 0 Å². The molecule has 1 N–H and O–H groups in total. The number of carbonyl (C=O) groups excluding carboxylic acids is 1. The highest BCUT2D eigenvalue weighted by Gasteiger charge is 2.09. The van der Waals surface area contributed by atoms with Crippen molar-refractivity contribution in [2.75, 3.05) is 5.32 Å². The van der Waals surface area contributed by atoms with Crippen LogP contribution in [0, 0.1) is 6.92 Å². The van der Waals surface area contributed by atoms with Crippen LogP contribution < -0.4 is 5.32 Å². The quantitative estimate of drug-likeness (QED) is 0.779. The van der Waals surface area contributed by atoms with Crippen LogP contribution in [0.25, 0.3) is 5.52 Å². The van der Waals surface area contributed by atoms with Crippen molar-refractivity contribution < 1.29 is 4.79 Å². The zero-order valence-electron chi connectivity index (χ0n) is 10.8. The molecule has 0 fully saturated rings. The van der Waals surface area contributed by atoms with Gasteiger partial charge in [0, 0.05) is 16.2 Å². The van der Waals surface area contributed by atoms with E-state index in [1.807, 2.05) is 41.8 Å². The van der Waals surface area contributed by atoms with Gasteiger partial charge in [-0.3, -0.25) is 4.79 Å². The van der Waals surface area contributed by atoms with Gasteiger partial charge in [-0.25, -0.2) is 4.98 Å². The standard InChI is InChI=1S/C15H12BrN3O/c1-10-2-3-14(13(16)6-10)18-15(20)11-4-5-19-9-17-8-12(19)7-11/h2-9H,1H3,(H,18,20). The zero-order chi connectivity index (χ0) is 14.1. The number of imidazole rings is 1. The van der Waals surface area contributed by atoms with E-state index in [0.29, 0.717) is 5.56 Å². The van der Waals surface area contributed by atoms with E-state index in [4.69, 9.17) is 0 Å². The molecule has 1 aromatic carbocycles. The van der Waals surface area contributed by atoms with Gasteiger partial charge >= 0.3 is 0 Å². The highest BCUT2D eigenvalue weighted by atomic mass is 79.9. The predicted octanol–water partition coefficient (Wildman–Crippen LogP) is 3.66. The Morgan fingerprint density at radius 3 is 2.95 bits per heavy atom. The smallest absolute Gasteiger partial charge is 0.255 e. The summed E-state index contributed by atoms with van der Waals surface area (Å²) in [6, 6.07) is 9.39. The van der Waals surface area contributed by atoms with Crippen LogP contribution in [0.2, 0.25) is 0 Å². The van der Waals surface area contributed by atoms with Crippen molar-refractivity contribution >= 4 is 33.0 Å². The number of anilines is 1. The first-order valence-electron chi connectivity index (χ1n) is 6.13.